The van der Waals surface area contributed by atoms with E-state index in [1.807, 2.05) is 6.07 Å². The van der Waals surface area contributed by atoms with Gasteiger partial charge in [-0.05, 0) is 24.6 Å². The molecule has 1 aliphatic heterocycles. The molecule has 106 valence electrons. The molecule has 1 heterocycles. The van der Waals surface area contributed by atoms with E-state index in [4.69, 9.17) is 14.2 Å². The van der Waals surface area contributed by atoms with E-state index in [1.165, 1.54) is 5.56 Å². The summed E-state index contributed by atoms with van der Waals surface area (Å²) in [5.41, 5.74) is 1.29. The highest BCUT2D eigenvalue weighted by atomic mass is 16.5. The van der Waals surface area contributed by atoms with Gasteiger partial charge in [0.1, 0.15) is 19.6 Å². The zero-order valence-electron chi connectivity index (χ0n) is 11.9. The maximum absolute atomic E-state index is 5.67. The number of rotatable bonds is 6. The fourth-order valence-corrected chi connectivity index (χ4v) is 2.28. The van der Waals surface area contributed by atoms with Gasteiger partial charge in [0.25, 0.3) is 0 Å². The summed E-state index contributed by atoms with van der Waals surface area (Å²) in [5.74, 6) is 1.67. The first-order valence-corrected chi connectivity index (χ1v) is 7.04. The lowest BCUT2D eigenvalue weighted by molar-refractivity contribution is -0.921. The predicted octanol–water partition coefficient (Wildman–Crippen LogP) is 0.899. The van der Waals surface area contributed by atoms with E-state index in [0.29, 0.717) is 0 Å². The molecule has 1 N–H and O–H groups in total. The predicted molar refractivity (Wildman–Crippen MR) is 74.0 cm³/mol. The Morgan fingerprint density at radius 2 is 2.00 bits per heavy atom. The van der Waals surface area contributed by atoms with Crippen molar-refractivity contribution in [3.63, 3.8) is 0 Å². The first kappa shape index (κ1) is 14.2. The van der Waals surface area contributed by atoms with Crippen LogP contribution in [-0.2, 0) is 11.3 Å². The van der Waals surface area contributed by atoms with Crippen LogP contribution in [0.2, 0.25) is 0 Å². The minimum atomic E-state index is 0.727. The van der Waals surface area contributed by atoms with Gasteiger partial charge in [0.05, 0.1) is 26.9 Å². The molecule has 1 saturated heterocycles. The lowest BCUT2D eigenvalue weighted by Gasteiger charge is -2.24. The Morgan fingerprint density at radius 1 is 1.21 bits per heavy atom. The summed E-state index contributed by atoms with van der Waals surface area (Å²) in [4.78, 5) is 1.57. The number of methoxy groups -OCH3 is 1. The van der Waals surface area contributed by atoms with Crippen molar-refractivity contribution < 1.29 is 19.1 Å². The van der Waals surface area contributed by atoms with E-state index in [9.17, 15) is 0 Å². The monoisotopic (exact) mass is 266 g/mol. The Morgan fingerprint density at radius 3 is 2.68 bits per heavy atom. The van der Waals surface area contributed by atoms with E-state index < -0.39 is 0 Å². The smallest absolute Gasteiger partial charge is 0.161 e. The zero-order valence-corrected chi connectivity index (χ0v) is 11.9. The molecule has 0 saturated carbocycles. The molecule has 1 aromatic carbocycles. The Kier molecular flexibility index (Phi) is 5.48. The molecule has 4 heteroatoms. The topological polar surface area (TPSA) is 32.1 Å². The van der Waals surface area contributed by atoms with Crippen LogP contribution in [0.3, 0.4) is 0 Å². The first-order chi connectivity index (χ1) is 9.33. The fourth-order valence-electron chi connectivity index (χ4n) is 2.28. The van der Waals surface area contributed by atoms with Gasteiger partial charge in [0.2, 0.25) is 0 Å². The molecule has 0 unspecified atom stereocenters. The highest BCUT2D eigenvalue weighted by Crippen LogP contribution is 2.27. The highest BCUT2D eigenvalue weighted by Gasteiger charge is 2.15. The van der Waals surface area contributed by atoms with Crippen molar-refractivity contribution in [3.8, 4) is 11.5 Å². The lowest BCUT2D eigenvalue weighted by Crippen LogP contribution is -3.12. The largest absolute Gasteiger partial charge is 0.493 e. The van der Waals surface area contributed by atoms with Crippen molar-refractivity contribution in [2.45, 2.75) is 19.9 Å². The van der Waals surface area contributed by atoms with Gasteiger partial charge in [0, 0.05) is 5.56 Å². The summed E-state index contributed by atoms with van der Waals surface area (Å²) in [7, 11) is 1.69. The van der Waals surface area contributed by atoms with Crippen molar-refractivity contribution in [1.82, 2.24) is 0 Å². The van der Waals surface area contributed by atoms with Crippen LogP contribution in [0.25, 0.3) is 0 Å². The summed E-state index contributed by atoms with van der Waals surface area (Å²) in [6, 6.07) is 6.24. The van der Waals surface area contributed by atoms with Crippen LogP contribution < -0.4 is 14.4 Å². The quantitative estimate of drug-likeness (QED) is 0.830. The molecule has 19 heavy (non-hydrogen) atoms. The molecule has 0 radical (unpaired) electrons. The van der Waals surface area contributed by atoms with Gasteiger partial charge in [-0.15, -0.1) is 0 Å². The van der Waals surface area contributed by atoms with Crippen LogP contribution in [0.15, 0.2) is 18.2 Å². The Hall–Kier alpha value is -1.26. The molecule has 1 aliphatic rings. The third-order valence-corrected chi connectivity index (χ3v) is 3.34. The summed E-state index contributed by atoms with van der Waals surface area (Å²) < 4.78 is 16.5. The average molecular weight is 266 g/mol. The molecule has 0 atom stereocenters. The number of hydrogen-bond donors (Lipinski definition) is 1. The standard InChI is InChI=1S/C15H23NO3/c1-3-8-19-14-5-4-13(11-15(14)17-2)12-16-6-9-18-10-7-16/h4-5,11H,3,6-10,12H2,1-2H3/p+1. The molecule has 0 spiro atoms. The summed E-state index contributed by atoms with van der Waals surface area (Å²) in [6.45, 7) is 7.74. The Balaban J connectivity index is 2.00. The van der Waals surface area contributed by atoms with E-state index >= 15 is 0 Å². The third kappa shape index (κ3) is 4.11. The van der Waals surface area contributed by atoms with Gasteiger partial charge in [-0.2, -0.15) is 0 Å². The van der Waals surface area contributed by atoms with Crippen molar-refractivity contribution in [3.05, 3.63) is 23.8 Å². The number of benzene rings is 1. The minimum absolute atomic E-state index is 0.727. The molecule has 0 aromatic heterocycles. The van der Waals surface area contributed by atoms with Crippen LogP contribution >= 0.6 is 0 Å². The van der Waals surface area contributed by atoms with Crippen molar-refractivity contribution in [2.75, 3.05) is 40.0 Å². The number of hydrogen-bond acceptors (Lipinski definition) is 3. The molecule has 0 bridgehead atoms. The van der Waals surface area contributed by atoms with E-state index in [-0.39, 0.29) is 0 Å². The van der Waals surface area contributed by atoms with Gasteiger partial charge < -0.3 is 19.1 Å². The second-order valence-electron chi connectivity index (χ2n) is 4.87. The van der Waals surface area contributed by atoms with Crippen LogP contribution in [0.1, 0.15) is 18.9 Å². The molecule has 0 aliphatic carbocycles. The number of nitrogens with one attached hydrogen (secondary N) is 1. The zero-order chi connectivity index (χ0) is 13.5. The molecule has 4 nitrogen and oxygen atoms in total. The highest BCUT2D eigenvalue weighted by molar-refractivity contribution is 5.42. The second kappa shape index (κ2) is 7.36. The maximum atomic E-state index is 5.67. The van der Waals surface area contributed by atoms with Crippen LogP contribution in [-0.4, -0.2) is 40.0 Å². The van der Waals surface area contributed by atoms with Crippen molar-refractivity contribution >= 4 is 0 Å². The van der Waals surface area contributed by atoms with Crippen molar-refractivity contribution in [2.24, 2.45) is 0 Å². The number of ether oxygens (including phenoxy) is 3. The summed E-state index contributed by atoms with van der Waals surface area (Å²) in [5, 5.41) is 0. The van der Waals surface area contributed by atoms with Gasteiger partial charge >= 0.3 is 0 Å². The van der Waals surface area contributed by atoms with Crippen LogP contribution in [0.5, 0.6) is 11.5 Å². The van der Waals surface area contributed by atoms with Crippen LogP contribution in [0, 0.1) is 0 Å². The van der Waals surface area contributed by atoms with Crippen molar-refractivity contribution in [1.29, 1.82) is 0 Å². The molecule has 2 rings (SSSR count). The number of morpholine rings is 1. The molecular weight excluding hydrogens is 242 g/mol. The SMILES string of the molecule is CCCOc1ccc(C[NH+]2CCOCC2)cc1OC. The van der Waals surface area contributed by atoms with Crippen LogP contribution in [0.4, 0.5) is 0 Å². The molecule has 1 aromatic rings. The maximum Gasteiger partial charge on any atom is 0.161 e. The van der Waals surface area contributed by atoms with E-state index in [0.717, 1.165) is 57.4 Å². The van der Waals surface area contributed by atoms with Gasteiger partial charge in [-0.3, -0.25) is 0 Å². The normalized spacial score (nSPS) is 16.3. The third-order valence-electron chi connectivity index (χ3n) is 3.34. The van der Waals surface area contributed by atoms with Gasteiger partial charge in [0.15, 0.2) is 11.5 Å². The van der Waals surface area contributed by atoms with Gasteiger partial charge in [-0.1, -0.05) is 6.92 Å². The number of quaternary nitrogens is 1. The molecule has 0 amide bonds. The Bertz CT molecular complexity index is 389. The van der Waals surface area contributed by atoms with Gasteiger partial charge in [-0.25, -0.2) is 0 Å². The summed E-state index contributed by atoms with van der Waals surface area (Å²) >= 11 is 0. The van der Waals surface area contributed by atoms with E-state index in [2.05, 4.69) is 19.1 Å². The lowest BCUT2D eigenvalue weighted by atomic mass is 10.2. The Labute approximate surface area is 115 Å². The first-order valence-electron chi connectivity index (χ1n) is 7.04. The van der Waals surface area contributed by atoms with E-state index in [1.54, 1.807) is 12.0 Å². The minimum Gasteiger partial charge on any atom is -0.493 e. The molecular formula is C15H24NO3+. The second-order valence-corrected chi connectivity index (χ2v) is 4.87. The fraction of sp³-hybridized carbons (Fsp3) is 0.600. The average Bonchev–Trinajstić information content (AvgIpc) is 2.47. The molecule has 1 fully saturated rings. The summed E-state index contributed by atoms with van der Waals surface area (Å²) in [6.07, 6.45) is 1.00.